The Morgan fingerprint density at radius 1 is 2.00 bits per heavy atom. The van der Waals surface area contributed by atoms with E-state index in [2.05, 4.69) is 11.3 Å². The molecule has 0 rings (SSSR count). The molecule has 1 nitrogen and oxygen atoms in total. The second-order valence-corrected chi connectivity index (χ2v) is 0.661. The normalized spacial score (nSPS) is 6.60. The van der Waals surface area contributed by atoms with Gasteiger partial charge in [0.1, 0.15) is 0 Å². The first-order valence-corrected chi connectivity index (χ1v) is 1.73. The summed E-state index contributed by atoms with van der Waals surface area (Å²) in [6, 6.07) is 0.198. The zero-order valence-electron chi connectivity index (χ0n) is 2.78. The molecule has 5 heavy (non-hydrogen) atoms. The van der Waals surface area contributed by atoms with Crippen molar-refractivity contribution in [2.45, 2.75) is 0 Å². The van der Waals surface area contributed by atoms with Gasteiger partial charge in [0.05, 0.1) is 6.26 Å². The molecule has 30 valence electrons. The molecule has 0 saturated heterocycles. The third-order valence-corrected chi connectivity index (χ3v) is 0.307. The Hall–Kier alpha value is -0.170. The first kappa shape index (κ1) is 4.83. The molecule has 0 atom stereocenters. The van der Waals surface area contributed by atoms with Crippen molar-refractivity contribution in [1.82, 2.24) is 0 Å². The summed E-state index contributed by atoms with van der Waals surface area (Å²) in [5, 5.41) is 0. The molecule has 0 aliphatic carbocycles. The van der Waals surface area contributed by atoms with Gasteiger partial charge in [-0.25, -0.2) is 0 Å². The van der Waals surface area contributed by atoms with Crippen LogP contribution in [0.25, 0.3) is 0 Å². The molecule has 0 N–H and O–H groups in total. The fraction of sp³-hybridized carbons (Fsp3) is 0.333. The van der Waals surface area contributed by atoms with Gasteiger partial charge < -0.3 is 4.74 Å². The molecule has 0 unspecified atom stereocenters. The van der Waals surface area contributed by atoms with Gasteiger partial charge in [0.25, 0.3) is 0 Å². The molecular weight excluding hydrogens is 87.5 g/mol. The quantitative estimate of drug-likeness (QED) is 0.369. The van der Waals surface area contributed by atoms with Crippen molar-refractivity contribution in [1.29, 1.82) is 0 Å². The van der Waals surface area contributed by atoms with Gasteiger partial charge in [-0.1, -0.05) is 18.2 Å². The van der Waals surface area contributed by atoms with Gasteiger partial charge in [0.2, 0.25) is 0 Å². The minimum absolute atomic E-state index is 0.198. The van der Waals surface area contributed by atoms with E-state index >= 15 is 0 Å². The van der Waals surface area contributed by atoms with Crippen molar-refractivity contribution >= 4 is 11.6 Å². The van der Waals surface area contributed by atoms with E-state index in [0.29, 0.717) is 0 Å². The van der Waals surface area contributed by atoms with E-state index < -0.39 is 0 Å². The molecule has 0 aromatic rings. The molecular formula is C3H5ClO. The number of halogens is 1. The van der Waals surface area contributed by atoms with Crippen LogP contribution in [0.5, 0.6) is 0 Å². The number of hydrogen-bond donors (Lipinski definition) is 0. The monoisotopic (exact) mass is 92.0 g/mol. The van der Waals surface area contributed by atoms with Crippen molar-refractivity contribution in [2.75, 3.05) is 6.07 Å². The Morgan fingerprint density at radius 3 is 2.60 bits per heavy atom. The molecule has 0 saturated carbocycles. The highest BCUT2D eigenvalue weighted by Crippen LogP contribution is 1.74. The van der Waals surface area contributed by atoms with E-state index in [9.17, 15) is 0 Å². The SMILES string of the molecule is C=COCCl. The van der Waals surface area contributed by atoms with Crippen LogP contribution in [-0.4, -0.2) is 6.07 Å². The summed E-state index contributed by atoms with van der Waals surface area (Å²) in [6.07, 6.45) is 1.30. The Bertz CT molecular complexity index is 28.1. The summed E-state index contributed by atoms with van der Waals surface area (Å²) < 4.78 is 4.36. The zero-order valence-corrected chi connectivity index (χ0v) is 3.53. The van der Waals surface area contributed by atoms with Crippen LogP contribution in [0, 0.1) is 0 Å². The lowest BCUT2D eigenvalue weighted by molar-refractivity contribution is 0.314. The molecule has 0 aromatic heterocycles. The molecule has 0 radical (unpaired) electrons. The highest BCUT2D eigenvalue weighted by Gasteiger charge is 1.58. The van der Waals surface area contributed by atoms with E-state index in [1.165, 1.54) is 6.26 Å². The minimum Gasteiger partial charge on any atom is -0.486 e. The topological polar surface area (TPSA) is 9.23 Å². The first-order chi connectivity index (χ1) is 2.41. The molecule has 0 fully saturated rings. The van der Waals surface area contributed by atoms with Crippen molar-refractivity contribution in [3.63, 3.8) is 0 Å². The smallest absolute Gasteiger partial charge is 0.161 e. The average Bonchev–Trinajstić information content (AvgIpc) is 1.41. The number of hydrogen-bond acceptors (Lipinski definition) is 1. The molecule has 2 heteroatoms. The lowest BCUT2D eigenvalue weighted by atomic mass is 11.2. The summed E-state index contributed by atoms with van der Waals surface area (Å²) in [5.41, 5.74) is 0. The van der Waals surface area contributed by atoms with Crippen molar-refractivity contribution in [3.05, 3.63) is 12.8 Å². The van der Waals surface area contributed by atoms with Gasteiger partial charge >= 0.3 is 0 Å². The van der Waals surface area contributed by atoms with Crippen molar-refractivity contribution < 1.29 is 4.74 Å². The van der Waals surface area contributed by atoms with E-state index in [1.54, 1.807) is 0 Å². The number of alkyl halides is 1. The maximum absolute atomic E-state index is 5.01. The van der Waals surface area contributed by atoms with Crippen LogP contribution in [0.3, 0.4) is 0 Å². The van der Waals surface area contributed by atoms with Crippen molar-refractivity contribution in [2.24, 2.45) is 0 Å². The van der Waals surface area contributed by atoms with Gasteiger partial charge in [0, 0.05) is 0 Å². The van der Waals surface area contributed by atoms with Crippen molar-refractivity contribution in [3.8, 4) is 0 Å². The number of rotatable bonds is 2. The van der Waals surface area contributed by atoms with Crippen LogP contribution in [0.1, 0.15) is 0 Å². The maximum atomic E-state index is 5.01. The molecule has 0 aliphatic rings. The van der Waals surface area contributed by atoms with Crippen LogP contribution >= 0.6 is 11.6 Å². The molecule has 0 amide bonds. The third kappa shape index (κ3) is 3.83. The zero-order chi connectivity index (χ0) is 4.12. The maximum Gasteiger partial charge on any atom is 0.161 e. The lowest BCUT2D eigenvalue weighted by Gasteiger charge is -1.82. The summed E-state index contributed by atoms with van der Waals surface area (Å²) in [6.45, 7) is 3.24. The summed E-state index contributed by atoms with van der Waals surface area (Å²) >= 11 is 5.01. The first-order valence-electron chi connectivity index (χ1n) is 1.20. The van der Waals surface area contributed by atoms with Gasteiger partial charge in [0.15, 0.2) is 6.07 Å². The fourth-order valence-electron chi connectivity index (χ4n) is 0.0445. The summed E-state index contributed by atoms with van der Waals surface area (Å²) in [5.74, 6) is 0. The van der Waals surface area contributed by atoms with Gasteiger partial charge in [-0.2, -0.15) is 0 Å². The highest BCUT2D eigenvalue weighted by molar-refractivity contribution is 6.17. The highest BCUT2D eigenvalue weighted by atomic mass is 35.5. The van der Waals surface area contributed by atoms with Gasteiger partial charge in [-0.15, -0.1) is 0 Å². The molecule has 0 bridgehead atoms. The van der Waals surface area contributed by atoms with Crippen LogP contribution in [0.4, 0.5) is 0 Å². The fourth-order valence-corrected chi connectivity index (χ4v) is 0.134. The van der Waals surface area contributed by atoms with E-state index in [-0.39, 0.29) is 6.07 Å². The lowest BCUT2D eigenvalue weighted by Crippen LogP contribution is -1.67. The second-order valence-electron chi connectivity index (χ2n) is 0.442. The van der Waals surface area contributed by atoms with E-state index in [1.807, 2.05) is 0 Å². The van der Waals surface area contributed by atoms with Gasteiger partial charge in [-0.05, 0) is 0 Å². The van der Waals surface area contributed by atoms with E-state index in [4.69, 9.17) is 11.6 Å². The minimum atomic E-state index is 0.198. The van der Waals surface area contributed by atoms with E-state index in [0.717, 1.165) is 0 Å². The number of ether oxygens (including phenoxy) is 1. The summed E-state index contributed by atoms with van der Waals surface area (Å²) in [4.78, 5) is 0. The second kappa shape index (κ2) is 3.83. The molecule has 0 spiro atoms. The predicted octanol–water partition coefficient (Wildman–Crippen LogP) is 1.34. The standard InChI is InChI=1S/C3H5ClO/c1-2-5-3-4/h2H,1,3H2. The predicted molar refractivity (Wildman–Crippen MR) is 22.0 cm³/mol. The van der Waals surface area contributed by atoms with Crippen LogP contribution in [-0.2, 0) is 4.74 Å². The molecule has 0 heterocycles. The van der Waals surface area contributed by atoms with Crippen LogP contribution in [0.15, 0.2) is 12.8 Å². The Labute approximate surface area is 36.2 Å². The Morgan fingerprint density at radius 2 is 2.60 bits per heavy atom. The Kier molecular flexibility index (Phi) is 3.70. The van der Waals surface area contributed by atoms with Crippen LogP contribution < -0.4 is 0 Å². The molecule has 0 aromatic carbocycles. The molecule has 0 aliphatic heterocycles. The Balaban J connectivity index is 2.40. The van der Waals surface area contributed by atoms with Crippen LogP contribution in [0.2, 0.25) is 0 Å². The third-order valence-electron chi connectivity index (χ3n) is 0.181. The van der Waals surface area contributed by atoms with Gasteiger partial charge in [-0.3, -0.25) is 0 Å². The average molecular weight is 92.5 g/mol. The largest absolute Gasteiger partial charge is 0.486 e. The summed E-state index contributed by atoms with van der Waals surface area (Å²) in [7, 11) is 0.